The van der Waals surface area contributed by atoms with Crippen molar-refractivity contribution in [3.63, 3.8) is 0 Å². The molecule has 0 amide bonds. The smallest absolute Gasteiger partial charge is 0.156 e. The van der Waals surface area contributed by atoms with E-state index in [1.165, 1.54) is 0 Å². The predicted octanol–water partition coefficient (Wildman–Crippen LogP) is 2.85. The van der Waals surface area contributed by atoms with E-state index >= 15 is 0 Å². The van der Waals surface area contributed by atoms with E-state index < -0.39 is 5.41 Å². The molecule has 0 saturated carbocycles. The van der Waals surface area contributed by atoms with Gasteiger partial charge >= 0.3 is 0 Å². The summed E-state index contributed by atoms with van der Waals surface area (Å²) >= 11 is 0. The molecule has 0 aliphatic carbocycles. The molecule has 0 saturated heterocycles. The summed E-state index contributed by atoms with van der Waals surface area (Å²) in [6, 6.07) is 7.99. The summed E-state index contributed by atoms with van der Waals surface area (Å²) in [4.78, 5) is 23.5. The number of nitrogens with one attached hydrogen (secondary N) is 1. The average molecular weight is 308 g/mol. The third kappa shape index (κ3) is 3.14. The molecular formula is C18H20N4O. The predicted molar refractivity (Wildman–Crippen MR) is 90.8 cm³/mol. The molecule has 5 nitrogen and oxygen atoms in total. The zero-order valence-electron chi connectivity index (χ0n) is 13.3. The summed E-state index contributed by atoms with van der Waals surface area (Å²) in [5, 5.41) is 0. The minimum Gasteiger partial charge on any atom is -0.345 e. The number of fused-ring (bicyclic) bond motifs is 1. The third-order valence-electron chi connectivity index (χ3n) is 3.91. The lowest BCUT2D eigenvalue weighted by Crippen LogP contribution is -2.16. The van der Waals surface area contributed by atoms with Crippen LogP contribution in [0.5, 0.6) is 0 Å². The molecule has 3 aromatic rings. The number of carbonyl (C=O) groups excluding carboxylic acids is 1. The maximum atomic E-state index is 11.2. The van der Waals surface area contributed by atoms with Crippen LogP contribution in [0.3, 0.4) is 0 Å². The fourth-order valence-electron chi connectivity index (χ4n) is 2.56. The van der Waals surface area contributed by atoms with Crippen LogP contribution < -0.4 is 5.73 Å². The fourth-order valence-corrected chi connectivity index (χ4v) is 2.56. The topological polar surface area (TPSA) is 84.7 Å². The summed E-state index contributed by atoms with van der Waals surface area (Å²) in [7, 11) is 0. The first-order chi connectivity index (χ1) is 11.0. The second-order valence-electron chi connectivity index (χ2n) is 6.45. The number of nitrogens with zero attached hydrogens (tertiary/aromatic N) is 2. The average Bonchev–Trinajstić information content (AvgIpc) is 2.96. The number of nitrogens with two attached hydrogens (primary N) is 1. The molecule has 3 N–H and O–H groups in total. The van der Waals surface area contributed by atoms with E-state index in [1.807, 2.05) is 44.3 Å². The number of hydrogen-bond acceptors (Lipinski definition) is 4. The van der Waals surface area contributed by atoms with Gasteiger partial charge in [0.25, 0.3) is 0 Å². The quantitative estimate of drug-likeness (QED) is 0.710. The molecule has 1 aromatic carbocycles. The van der Waals surface area contributed by atoms with Crippen molar-refractivity contribution in [2.45, 2.75) is 26.8 Å². The van der Waals surface area contributed by atoms with Crippen molar-refractivity contribution in [1.82, 2.24) is 15.0 Å². The molecule has 0 radical (unpaired) electrons. The minimum atomic E-state index is -0.421. The molecule has 23 heavy (non-hydrogen) atoms. The van der Waals surface area contributed by atoms with Crippen molar-refractivity contribution in [1.29, 1.82) is 0 Å². The first kappa shape index (κ1) is 15.4. The number of benzene rings is 1. The Balaban J connectivity index is 2.01. The Kier molecular flexibility index (Phi) is 3.96. The minimum absolute atomic E-state index is 0.421. The van der Waals surface area contributed by atoms with Crippen molar-refractivity contribution >= 4 is 17.5 Å². The summed E-state index contributed by atoms with van der Waals surface area (Å²) in [5.74, 6) is 0. The Morgan fingerprint density at radius 2 is 2.00 bits per heavy atom. The first-order valence-electron chi connectivity index (χ1n) is 7.61. The van der Waals surface area contributed by atoms with E-state index in [-0.39, 0.29) is 0 Å². The van der Waals surface area contributed by atoms with E-state index in [0.29, 0.717) is 13.0 Å². The molecule has 0 atom stereocenters. The van der Waals surface area contributed by atoms with Gasteiger partial charge in [0.15, 0.2) is 5.65 Å². The Labute approximate surface area is 135 Å². The summed E-state index contributed by atoms with van der Waals surface area (Å²) in [5.41, 5.74) is 10.7. The molecular weight excluding hydrogens is 288 g/mol. The van der Waals surface area contributed by atoms with Gasteiger partial charge in [-0.05, 0) is 17.5 Å². The van der Waals surface area contributed by atoms with Gasteiger partial charge in [-0.2, -0.15) is 0 Å². The fraction of sp³-hybridized carbons (Fsp3) is 0.278. The van der Waals surface area contributed by atoms with Gasteiger partial charge in [-0.1, -0.05) is 38.1 Å². The number of aromatic nitrogens is 3. The molecule has 118 valence electrons. The molecule has 5 heteroatoms. The molecule has 3 rings (SSSR count). The molecule has 0 spiro atoms. The van der Waals surface area contributed by atoms with Crippen molar-refractivity contribution in [3.8, 4) is 11.3 Å². The summed E-state index contributed by atoms with van der Waals surface area (Å²) < 4.78 is 0. The number of hydrogen-bond donors (Lipinski definition) is 2. The molecule has 2 aromatic heterocycles. The van der Waals surface area contributed by atoms with Gasteiger partial charge in [-0.25, -0.2) is 9.97 Å². The largest absolute Gasteiger partial charge is 0.345 e. The zero-order chi connectivity index (χ0) is 16.4. The van der Waals surface area contributed by atoms with E-state index in [1.54, 1.807) is 6.20 Å². The third-order valence-corrected chi connectivity index (χ3v) is 3.91. The van der Waals surface area contributed by atoms with Gasteiger partial charge in [0.1, 0.15) is 11.8 Å². The van der Waals surface area contributed by atoms with Crippen LogP contribution in [0.4, 0.5) is 0 Å². The monoisotopic (exact) mass is 308 g/mol. The van der Waals surface area contributed by atoms with Gasteiger partial charge in [0, 0.05) is 23.7 Å². The van der Waals surface area contributed by atoms with Crippen LogP contribution in [-0.4, -0.2) is 21.2 Å². The SMILES string of the molecule is CC(C)(C=O)Cc1c[nH]c2ncc(-c3ccc(CN)cc3)nc12. The van der Waals surface area contributed by atoms with Crippen LogP contribution in [0.2, 0.25) is 0 Å². The Bertz CT molecular complexity index is 834. The normalized spacial score (nSPS) is 11.8. The molecule has 0 aliphatic rings. The Morgan fingerprint density at radius 1 is 1.26 bits per heavy atom. The highest BCUT2D eigenvalue weighted by Gasteiger charge is 2.20. The number of aldehydes is 1. The highest BCUT2D eigenvalue weighted by molar-refractivity contribution is 5.78. The molecule has 0 bridgehead atoms. The molecule has 0 unspecified atom stereocenters. The molecule has 0 aliphatic heterocycles. The van der Waals surface area contributed by atoms with Crippen LogP contribution in [0.25, 0.3) is 22.4 Å². The van der Waals surface area contributed by atoms with E-state index in [4.69, 9.17) is 10.7 Å². The van der Waals surface area contributed by atoms with Crippen molar-refractivity contribution in [2.75, 3.05) is 0 Å². The summed E-state index contributed by atoms with van der Waals surface area (Å²) in [6.07, 6.45) is 5.25. The Morgan fingerprint density at radius 3 is 2.65 bits per heavy atom. The zero-order valence-corrected chi connectivity index (χ0v) is 13.3. The lowest BCUT2D eigenvalue weighted by molar-refractivity contribution is -0.114. The van der Waals surface area contributed by atoms with Crippen molar-refractivity contribution < 1.29 is 4.79 Å². The van der Waals surface area contributed by atoms with Gasteiger partial charge < -0.3 is 15.5 Å². The Hall–Kier alpha value is -2.53. The molecule has 0 fully saturated rings. The summed E-state index contributed by atoms with van der Waals surface area (Å²) in [6.45, 7) is 4.36. The molecule has 2 heterocycles. The lowest BCUT2D eigenvalue weighted by Gasteiger charge is -2.15. The van der Waals surface area contributed by atoms with Gasteiger partial charge in [-0.3, -0.25) is 0 Å². The number of carbonyl (C=O) groups is 1. The van der Waals surface area contributed by atoms with E-state index in [9.17, 15) is 4.79 Å². The van der Waals surface area contributed by atoms with Crippen LogP contribution >= 0.6 is 0 Å². The van der Waals surface area contributed by atoms with Crippen LogP contribution in [-0.2, 0) is 17.8 Å². The maximum Gasteiger partial charge on any atom is 0.156 e. The second-order valence-corrected chi connectivity index (χ2v) is 6.45. The van der Waals surface area contributed by atoms with Gasteiger partial charge in [0.05, 0.1) is 11.9 Å². The van der Waals surface area contributed by atoms with Crippen molar-refractivity contribution in [3.05, 3.63) is 47.8 Å². The van der Waals surface area contributed by atoms with Crippen molar-refractivity contribution in [2.24, 2.45) is 11.1 Å². The van der Waals surface area contributed by atoms with E-state index in [0.717, 1.165) is 39.8 Å². The number of H-pyrrole nitrogens is 1. The highest BCUT2D eigenvalue weighted by Crippen LogP contribution is 2.26. The maximum absolute atomic E-state index is 11.2. The standard InChI is InChI=1S/C18H20N4O/c1-18(2,11-23)7-14-9-20-17-16(14)22-15(10-21-17)13-5-3-12(8-19)4-6-13/h3-6,9-11H,7-8,19H2,1-2H3,(H,20,21). The highest BCUT2D eigenvalue weighted by atomic mass is 16.1. The van der Waals surface area contributed by atoms with Crippen LogP contribution in [0, 0.1) is 5.41 Å². The number of aromatic amines is 1. The van der Waals surface area contributed by atoms with E-state index in [2.05, 4.69) is 9.97 Å². The number of rotatable bonds is 5. The first-order valence-corrected chi connectivity index (χ1v) is 7.61. The van der Waals surface area contributed by atoms with Gasteiger partial charge in [0.2, 0.25) is 0 Å². The van der Waals surface area contributed by atoms with Crippen LogP contribution in [0.15, 0.2) is 36.7 Å². The second kappa shape index (κ2) is 5.93. The van der Waals surface area contributed by atoms with Crippen LogP contribution in [0.1, 0.15) is 25.0 Å². The van der Waals surface area contributed by atoms with Gasteiger partial charge in [-0.15, -0.1) is 0 Å². The lowest BCUT2D eigenvalue weighted by atomic mass is 9.88.